The molecule has 1 N–H and O–H groups in total. The fourth-order valence-corrected chi connectivity index (χ4v) is 3.68. The first kappa shape index (κ1) is 22.6. The molecule has 0 aliphatic carbocycles. The molecule has 0 unspecified atom stereocenters. The van der Waals surface area contributed by atoms with Crippen molar-refractivity contribution < 1.29 is 9.53 Å². The van der Waals surface area contributed by atoms with Crippen LogP contribution in [-0.2, 0) is 4.79 Å². The van der Waals surface area contributed by atoms with Crippen molar-refractivity contribution in [1.29, 1.82) is 0 Å². The van der Waals surface area contributed by atoms with E-state index in [9.17, 15) is 4.79 Å². The van der Waals surface area contributed by atoms with E-state index in [1.165, 1.54) is 0 Å². The number of methoxy groups -OCH3 is 1. The molecular formula is C25H26ClN5O2. The fraction of sp³-hybridized carbons (Fsp3) is 0.240. The minimum atomic E-state index is -0.00313. The van der Waals surface area contributed by atoms with Gasteiger partial charge in [0.05, 0.1) is 7.11 Å². The summed E-state index contributed by atoms with van der Waals surface area (Å²) in [5.41, 5.74) is 2.74. The van der Waals surface area contributed by atoms with E-state index < -0.39 is 0 Å². The summed E-state index contributed by atoms with van der Waals surface area (Å²) in [5, 5.41) is 4.00. The van der Waals surface area contributed by atoms with Crippen LogP contribution in [0.4, 0.5) is 17.5 Å². The minimum absolute atomic E-state index is 0.00313. The lowest BCUT2D eigenvalue weighted by Crippen LogP contribution is -2.48. The van der Waals surface area contributed by atoms with Crippen molar-refractivity contribution in [3.8, 4) is 5.75 Å². The van der Waals surface area contributed by atoms with Crippen LogP contribution >= 0.6 is 11.6 Å². The predicted molar refractivity (Wildman–Crippen MR) is 132 cm³/mol. The number of amides is 1. The first-order valence-corrected chi connectivity index (χ1v) is 11.1. The molecule has 4 rings (SSSR count). The second kappa shape index (κ2) is 10.4. The van der Waals surface area contributed by atoms with E-state index in [1.807, 2.05) is 72.5 Å². The second-order valence-electron chi connectivity index (χ2n) is 7.75. The van der Waals surface area contributed by atoms with Gasteiger partial charge in [-0.25, -0.2) is 4.98 Å². The highest BCUT2D eigenvalue weighted by Crippen LogP contribution is 2.21. The van der Waals surface area contributed by atoms with E-state index in [0.717, 1.165) is 28.5 Å². The molecule has 7 nitrogen and oxygen atoms in total. The number of hydrogen-bond acceptors (Lipinski definition) is 6. The number of carbonyl (C=O) groups excluding carboxylic acids is 1. The molecule has 170 valence electrons. The third-order valence-corrected chi connectivity index (χ3v) is 5.62. The minimum Gasteiger partial charge on any atom is -0.497 e. The largest absolute Gasteiger partial charge is 0.497 e. The molecule has 1 aliphatic heterocycles. The van der Waals surface area contributed by atoms with Crippen molar-refractivity contribution in [2.45, 2.75) is 6.92 Å². The van der Waals surface area contributed by atoms with E-state index in [0.29, 0.717) is 37.1 Å². The molecule has 0 radical (unpaired) electrons. The maximum absolute atomic E-state index is 12.6. The number of aryl methyl sites for hydroxylation is 1. The highest BCUT2D eigenvalue weighted by molar-refractivity contribution is 6.30. The van der Waals surface area contributed by atoms with Gasteiger partial charge in [-0.3, -0.25) is 4.79 Å². The van der Waals surface area contributed by atoms with Crippen LogP contribution < -0.4 is 15.0 Å². The Kier molecular flexibility index (Phi) is 7.10. The van der Waals surface area contributed by atoms with Gasteiger partial charge in [-0.1, -0.05) is 23.7 Å². The van der Waals surface area contributed by atoms with E-state index in [-0.39, 0.29) is 5.91 Å². The molecule has 3 aromatic rings. The smallest absolute Gasteiger partial charge is 0.246 e. The Morgan fingerprint density at radius 3 is 2.39 bits per heavy atom. The lowest BCUT2D eigenvalue weighted by molar-refractivity contribution is -0.126. The van der Waals surface area contributed by atoms with Gasteiger partial charge in [-0.2, -0.15) is 4.98 Å². The molecule has 1 aromatic heterocycles. The molecular weight excluding hydrogens is 438 g/mol. The zero-order valence-corrected chi connectivity index (χ0v) is 19.4. The Morgan fingerprint density at radius 1 is 1.03 bits per heavy atom. The quantitative estimate of drug-likeness (QED) is 0.541. The summed E-state index contributed by atoms with van der Waals surface area (Å²) in [5.74, 6) is 2.19. The van der Waals surface area contributed by atoms with Crippen molar-refractivity contribution in [3.63, 3.8) is 0 Å². The summed E-state index contributed by atoms with van der Waals surface area (Å²) in [6, 6.07) is 17.0. The molecule has 0 spiro atoms. The van der Waals surface area contributed by atoms with Gasteiger partial charge >= 0.3 is 0 Å². The highest BCUT2D eigenvalue weighted by Gasteiger charge is 2.22. The first-order chi connectivity index (χ1) is 16.0. The molecule has 2 heterocycles. The van der Waals surface area contributed by atoms with Gasteiger partial charge in [0.1, 0.15) is 11.6 Å². The average Bonchev–Trinajstić information content (AvgIpc) is 2.84. The van der Waals surface area contributed by atoms with E-state index in [4.69, 9.17) is 21.3 Å². The topological polar surface area (TPSA) is 70.6 Å². The van der Waals surface area contributed by atoms with Crippen LogP contribution in [0.3, 0.4) is 0 Å². The molecule has 33 heavy (non-hydrogen) atoms. The maximum atomic E-state index is 12.6. The van der Waals surface area contributed by atoms with Gasteiger partial charge in [0.25, 0.3) is 0 Å². The van der Waals surface area contributed by atoms with Crippen LogP contribution in [0.5, 0.6) is 5.75 Å². The number of nitrogens with one attached hydrogen (secondary N) is 1. The summed E-state index contributed by atoms with van der Waals surface area (Å²) < 4.78 is 5.21. The lowest BCUT2D eigenvalue weighted by atomic mass is 10.2. The number of ether oxygens (including phenoxy) is 1. The average molecular weight is 464 g/mol. The summed E-state index contributed by atoms with van der Waals surface area (Å²) in [6.07, 6.45) is 3.42. The third kappa shape index (κ3) is 6.02. The standard InChI is InChI=1S/C25H26ClN5O2/c1-18-17-23(28-21-8-10-22(33-2)11-9-21)29-25(27-18)31-15-13-30(14-16-31)24(32)12-5-19-3-6-20(26)7-4-19/h3-12,17H,13-16H2,1-2H3,(H,27,28,29)/b12-5+. The van der Waals surface area contributed by atoms with Crippen LogP contribution in [0.25, 0.3) is 6.08 Å². The number of anilines is 3. The number of hydrogen-bond donors (Lipinski definition) is 1. The van der Waals surface area contributed by atoms with Crippen LogP contribution in [-0.4, -0.2) is 54.1 Å². The summed E-state index contributed by atoms with van der Waals surface area (Å²) >= 11 is 5.91. The number of benzene rings is 2. The van der Waals surface area contributed by atoms with E-state index in [2.05, 4.69) is 15.2 Å². The Labute approximate surface area is 198 Å². The summed E-state index contributed by atoms with van der Waals surface area (Å²) in [7, 11) is 1.64. The van der Waals surface area contributed by atoms with Gasteiger partial charge in [-0.05, 0) is 55.0 Å². The van der Waals surface area contributed by atoms with Gasteiger partial charge < -0.3 is 19.9 Å². The molecule has 0 bridgehead atoms. The zero-order valence-electron chi connectivity index (χ0n) is 18.7. The third-order valence-electron chi connectivity index (χ3n) is 5.37. The first-order valence-electron chi connectivity index (χ1n) is 10.7. The molecule has 8 heteroatoms. The molecule has 1 saturated heterocycles. The molecule has 1 amide bonds. The van der Waals surface area contributed by atoms with Crippen molar-refractivity contribution in [2.75, 3.05) is 43.5 Å². The Morgan fingerprint density at radius 2 is 1.73 bits per heavy atom. The number of rotatable bonds is 6. The number of nitrogens with zero attached hydrogens (tertiary/aromatic N) is 4. The normalized spacial score (nSPS) is 13.9. The maximum Gasteiger partial charge on any atom is 0.246 e. The van der Waals surface area contributed by atoms with Crippen molar-refractivity contribution in [2.24, 2.45) is 0 Å². The van der Waals surface area contributed by atoms with Gasteiger partial charge in [0.2, 0.25) is 11.9 Å². The molecule has 1 aliphatic rings. The number of halogens is 1. The molecule has 0 saturated carbocycles. The second-order valence-corrected chi connectivity index (χ2v) is 8.18. The van der Waals surface area contributed by atoms with Gasteiger partial charge in [-0.15, -0.1) is 0 Å². The Balaban J connectivity index is 1.36. The molecule has 2 aromatic carbocycles. The van der Waals surface area contributed by atoms with Gasteiger partial charge in [0.15, 0.2) is 0 Å². The van der Waals surface area contributed by atoms with Crippen LogP contribution in [0, 0.1) is 6.92 Å². The fourth-order valence-electron chi connectivity index (χ4n) is 3.55. The van der Waals surface area contributed by atoms with E-state index >= 15 is 0 Å². The van der Waals surface area contributed by atoms with Gasteiger partial charge in [0, 0.05) is 54.7 Å². The van der Waals surface area contributed by atoms with Crippen LogP contribution in [0.15, 0.2) is 60.7 Å². The summed E-state index contributed by atoms with van der Waals surface area (Å²) in [6.45, 7) is 4.52. The zero-order chi connectivity index (χ0) is 23.2. The number of carbonyl (C=O) groups is 1. The molecule has 1 fully saturated rings. The number of piperazine rings is 1. The van der Waals surface area contributed by atoms with Crippen LogP contribution in [0.1, 0.15) is 11.3 Å². The Bertz CT molecular complexity index is 1120. The SMILES string of the molecule is COc1ccc(Nc2cc(C)nc(N3CCN(C(=O)/C=C/c4ccc(Cl)cc4)CC3)n2)cc1. The highest BCUT2D eigenvalue weighted by atomic mass is 35.5. The predicted octanol–water partition coefficient (Wildman–Crippen LogP) is 4.55. The Hall–Kier alpha value is -3.58. The lowest BCUT2D eigenvalue weighted by Gasteiger charge is -2.34. The monoisotopic (exact) mass is 463 g/mol. The molecule has 0 atom stereocenters. The number of aromatic nitrogens is 2. The van der Waals surface area contributed by atoms with E-state index in [1.54, 1.807) is 13.2 Å². The van der Waals surface area contributed by atoms with Crippen molar-refractivity contribution >= 4 is 41.0 Å². The van der Waals surface area contributed by atoms with Crippen LogP contribution in [0.2, 0.25) is 5.02 Å². The van der Waals surface area contributed by atoms with Crippen molar-refractivity contribution in [3.05, 3.63) is 77.0 Å². The van der Waals surface area contributed by atoms with Crippen molar-refractivity contribution in [1.82, 2.24) is 14.9 Å². The summed E-state index contributed by atoms with van der Waals surface area (Å²) in [4.78, 5) is 25.8.